The molecule has 2 N–H and O–H groups in total. The first-order valence-electron chi connectivity index (χ1n) is 8.88. The molecule has 3 amide bonds. The molecule has 7 nitrogen and oxygen atoms in total. The Morgan fingerprint density at radius 1 is 0.968 bits per heavy atom. The van der Waals surface area contributed by atoms with Gasteiger partial charge in [-0.25, -0.2) is 0 Å². The van der Waals surface area contributed by atoms with Gasteiger partial charge in [0.25, 0.3) is 17.7 Å². The summed E-state index contributed by atoms with van der Waals surface area (Å²) in [4.78, 5) is 37.6. The van der Waals surface area contributed by atoms with Crippen molar-refractivity contribution < 1.29 is 18.8 Å². The second-order valence-electron chi connectivity index (χ2n) is 6.63. The van der Waals surface area contributed by atoms with Crippen molar-refractivity contribution in [3.63, 3.8) is 0 Å². The van der Waals surface area contributed by atoms with Crippen LogP contribution < -0.4 is 10.6 Å². The predicted molar refractivity (Wildman–Crippen MR) is 121 cm³/mol. The molecule has 1 aromatic heterocycles. The summed E-state index contributed by atoms with van der Waals surface area (Å²) >= 11 is 17.2. The molecule has 0 saturated carbocycles. The Balaban J connectivity index is 1.44. The van der Waals surface area contributed by atoms with Crippen molar-refractivity contribution in [1.29, 1.82) is 0 Å². The lowest BCUT2D eigenvalue weighted by Crippen LogP contribution is -2.33. The van der Waals surface area contributed by atoms with Crippen molar-refractivity contribution in [3.05, 3.63) is 75.5 Å². The van der Waals surface area contributed by atoms with E-state index in [1.807, 2.05) is 0 Å². The van der Waals surface area contributed by atoms with E-state index in [4.69, 9.17) is 39.8 Å². The summed E-state index contributed by atoms with van der Waals surface area (Å²) in [5.41, 5.74) is 1.63. The lowest BCUT2D eigenvalue weighted by atomic mass is 10.1. The highest BCUT2D eigenvalue weighted by Crippen LogP contribution is 2.31. The van der Waals surface area contributed by atoms with Crippen LogP contribution in [0.1, 0.15) is 31.3 Å². The SMILES string of the molecule is CN1C(=O)c2ccc(NC(=S)NC(=O)c3ccc(-c4ccc(Cl)cc4Cl)o3)cc2C1=O. The molecule has 0 bridgehead atoms. The van der Waals surface area contributed by atoms with Crippen LogP contribution in [0.4, 0.5) is 5.69 Å². The molecule has 0 fully saturated rings. The van der Waals surface area contributed by atoms with Gasteiger partial charge in [0, 0.05) is 23.3 Å². The Labute approximate surface area is 191 Å². The Morgan fingerprint density at radius 3 is 2.42 bits per heavy atom. The number of nitrogens with one attached hydrogen (secondary N) is 2. The van der Waals surface area contributed by atoms with Crippen LogP contribution in [0.15, 0.2) is 52.9 Å². The standard InChI is InChI=1S/C21H13Cl2N3O4S/c1-26-19(28)12-5-3-11(9-14(12)20(26)29)24-21(31)25-18(27)17-7-6-16(30-17)13-4-2-10(22)8-15(13)23/h2-9H,1H3,(H2,24,25,27,31). The number of carbonyl (C=O) groups is 3. The van der Waals surface area contributed by atoms with Crippen molar-refractivity contribution in [2.75, 3.05) is 12.4 Å². The Kier molecular flexibility index (Phi) is 5.53. The number of nitrogens with zero attached hydrogens (tertiary/aromatic N) is 1. The Morgan fingerprint density at radius 2 is 1.68 bits per heavy atom. The first-order valence-corrected chi connectivity index (χ1v) is 10.0. The van der Waals surface area contributed by atoms with Gasteiger partial charge in [0.05, 0.1) is 16.1 Å². The average molecular weight is 474 g/mol. The highest BCUT2D eigenvalue weighted by molar-refractivity contribution is 7.80. The maximum absolute atomic E-state index is 12.5. The summed E-state index contributed by atoms with van der Waals surface area (Å²) in [6, 6.07) is 12.7. The fraction of sp³-hybridized carbons (Fsp3) is 0.0476. The monoisotopic (exact) mass is 473 g/mol. The van der Waals surface area contributed by atoms with Crippen LogP contribution in [0.3, 0.4) is 0 Å². The van der Waals surface area contributed by atoms with Crippen LogP contribution >= 0.6 is 35.4 Å². The highest BCUT2D eigenvalue weighted by Gasteiger charge is 2.32. The summed E-state index contributed by atoms with van der Waals surface area (Å²) in [6.07, 6.45) is 0. The van der Waals surface area contributed by atoms with E-state index in [2.05, 4.69) is 10.6 Å². The van der Waals surface area contributed by atoms with Crippen LogP contribution in [0, 0.1) is 0 Å². The van der Waals surface area contributed by atoms with E-state index >= 15 is 0 Å². The van der Waals surface area contributed by atoms with Gasteiger partial charge >= 0.3 is 0 Å². The number of hydrogen-bond acceptors (Lipinski definition) is 5. The van der Waals surface area contributed by atoms with Gasteiger partial charge in [-0.2, -0.15) is 0 Å². The summed E-state index contributed by atoms with van der Waals surface area (Å²) < 4.78 is 5.59. The average Bonchev–Trinajstić information content (AvgIpc) is 3.28. The lowest BCUT2D eigenvalue weighted by molar-refractivity contribution is 0.0692. The Bertz CT molecular complexity index is 1270. The number of rotatable bonds is 3. The van der Waals surface area contributed by atoms with E-state index < -0.39 is 11.8 Å². The summed E-state index contributed by atoms with van der Waals surface area (Å²) in [5.74, 6) is -0.904. The van der Waals surface area contributed by atoms with E-state index in [1.165, 1.54) is 25.2 Å². The number of halogens is 2. The van der Waals surface area contributed by atoms with Crippen molar-refractivity contribution in [3.8, 4) is 11.3 Å². The van der Waals surface area contributed by atoms with E-state index in [-0.39, 0.29) is 22.3 Å². The van der Waals surface area contributed by atoms with E-state index in [0.717, 1.165) is 4.90 Å². The number of thiocarbonyl (C=S) groups is 1. The normalized spacial score (nSPS) is 12.7. The number of amides is 3. The number of carbonyl (C=O) groups excluding carboxylic acids is 3. The van der Waals surface area contributed by atoms with Crippen LogP contribution in [0.5, 0.6) is 0 Å². The van der Waals surface area contributed by atoms with Gasteiger partial charge in [0.2, 0.25) is 0 Å². The minimum atomic E-state index is -0.569. The molecule has 2 aromatic carbocycles. The van der Waals surface area contributed by atoms with E-state index in [0.29, 0.717) is 32.6 Å². The highest BCUT2D eigenvalue weighted by atomic mass is 35.5. The van der Waals surface area contributed by atoms with Crippen LogP contribution in [-0.4, -0.2) is 34.8 Å². The third kappa shape index (κ3) is 4.05. The number of anilines is 1. The fourth-order valence-electron chi connectivity index (χ4n) is 3.06. The first kappa shape index (κ1) is 21.0. The van der Waals surface area contributed by atoms with Crippen LogP contribution in [0.25, 0.3) is 11.3 Å². The molecule has 3 aromatic rings. The van der Waals surface area contributed by atoms with Gasteiger partial charge in [-0.1, -0.05) is 23.2 Å². The molecule has 156 valence electrons. The maximum Gasteiger partial charge on any atom is 0.293 e. The van der Waals surface area contributed by atoms with Crippen molar-refractivity contribution in [2.24, 2.45) is 0 Å². The molecule has 0 aliphatic carbocycles. The van der Waals surface area contributed by atoms with Gasteiger partial charge < -0.3 is 9.73 Å². The topological polar surface area (TPSA) is 91.7 Å². The molecule has 31 heavy (non-hydrogen) atoms. The van der Waals surface area contributed by atoms with Gasteiger partial charge in [-0.3, -0.25) is 24.6 Å². The third-order valence-electron chi connectivity index (χ3n) is 4.60. The minimum absolute atomic E-state index is 0.00227. The number of fused-ring (bicyclic) bond motifs is 1. The van der Waals surface area contributed by atoms with Gasteiger partial charge in [0.1, 0.15) is 5.76 Å². The maximum atomic E-state index is 12.5. The number of furan rings is 1. The molecule has 2 heterocycles. The smallest absolute Gasteiger partial charge is 0.293 e. The second-order valence-corrected chi connectivity index (χ2v) is 7.88. The molecule has 0 saturated heterocycles. The molecule has 10 heteroatoms. The molecule has 0 radical (unpaired) electrons. The van der Waals surface area contributed by atoms with Crippen LogP contribution in [-0.2, 0) is 0 Å². The number of hydrogen-bond donors (Lipinski definition) is 2. The molecule has 0 spiro atoms. The fourth-order valence-corrected chi connectivity index (χ4v) is 3.77. The third-order valence-corrected chi connectivity index (χ3v) is 5.35. The zero-order valence-corrected chi connectivity index (χ0v) is 18.2. The summed E-state index contributed by atoms with van der Waals surface area (Å²) in [5, 5.41) is 6.19. The summed E-state index contributed by atoms with van der Waals surface area (Å²) in [7, 11) is 1.41. The summed E-state index contributed by atoms with van der Waals surface area (Å²) in [6.45, 7) is 0. The number of benzene rings is 2. The van der Waals surface area contributed by atoms with Crippen molar-refractivity contribution >= 4 is 63.9 Å². The van der Waals surface area contributed by atoms with Crippen molar-refractivity contribution in [1.82, 2.24) is 10.2 Å². The van der Waals surface area contributed by atoms with Gasteiger partial charge in [-0.15, -0.1) is 0 Å². The van der Waals surface area contributed by atoms with Crippen molar-refractivity contribution in [2.45, 2.75) is 0 Å². The zero-order valence-electron chi connectivity index (χ0n) is 15.9. The largest absolute Gasteiger partial charge is 0.451 e. The van der Waals surface area contributed by atoms with Gasteiger partial charge in [0.15, 0.2) is 10.9 Å². The van der Waals surface area contributed by atoms with Crippen LogP contribution in [0.2, 0.25) is 10.0 Å². The van der Waals surface area contributed by atoms with Gasteiger partial charge in [-0.05, 0) is 60.7 Å². The molecular weight excluding hydrogens is 461 g/mol. The zero-order chi connectivity index (χ0) is 22.3. The van der Waals surface area contributed by atoms with E-state index in [1.54, 1.807) is 30.3 Å². The van der Waals surface area contributed by atoms with E-state index in [9.17, 15) is 14.4 Å². The molecular formula is C21H13Cl2N3O4S. The second kappa shape index (κ2) is 8.14. The molecule has 0 unspecified atom stereocenters. The predicted octanol–water partition coefficient (Wildman–Crippen LogP) is 4.61. The molecule has 1 aliphatic rings. The Hall–Kier alpha value is -3.20. The molecule has 1 aliphatic heterocycles. The molecule has 0 atom stereocenters. The quantitative estimate of drug-likeness (QED) is 0.426. The molecule has 4 rings (SSSR count). The lowest BCUT2D eigenvalue weighted by Gasteiger charge is -2.09. The first-order chi connectivity index (χ1) is 14.7. The minimum Gasteiger partial charge on any atom is -0.451 e. The number of imide groups is 1.